The Morgan fingerprint density at radius 3 is 2.48 bits per heavy atom. The summed E-state index contributed by atoms with van der Waals surface area (Å²) in [7, 11) is 0. The van der Waals surface area contributed by atoms with Crippen molar-refractivity contribution in [1.82, 2.24) is 10.6 Å². The average molecular weight is 359 g/mol. The number of allylic oxidation sites excluding steroid dienone is 1. The number of thioether (sulfide) groups is 2. The molecule has 1 fully saturated rings. The Balaban J connectivity index is 1.66. The molecular formula is C16H26N2O3S2. The number of nitrogens with one attached hydrogen (secondary N) is 2. The molecule has 0 saturated carbocycles. The fourth-order valence-corrected chi connectivity index (χ4v) is 5.19. The first kappa shape index (κ1) is 18.7. The van der Waals surface area contributed by atoms with Crippen LogP contribution >= 0.6 is 23.5 Å². The Labute approximate surface area is 146 Å². The van der Waals surface area contributed by atoms with E-state index < -0.39 is 17.4 Å². The maximum Gasteiger partial charge on any atom is 0.309 e. The van der Waals surface area contributed by atoms with Crippen LogP contribution in [0.15, 0.2) is 11.6 Å². The second-order valence-electron chi connectivity index (χ2n) is 6.13. The first-order valence-electron chi connectivity index (χ1n) is 8.21. The van der Waals surface area contributed by atoms with Crippen molar-refractivity contribution in [3.05, 3.63) is 11.6 Å². The first-order valence-corrected chi connectivity index (χ1v) is 10.5. The molecule has 0 radical (unpaired) electrons. The van der Waals surface area contributed by atoms with E-state index in [2.05, 4.69) is 16.7 Å². The van der Waals surface area contributed by atoms with Crippen LogP contribution in [0.2, 0.25) is 0 Å². The molecule has 7 heteroatoms. The van der Waals surface area contributed by atoms with E-state index in [1.54, 1.807) is 23.5 Å². The van der Waals surface area contributed by atoms with Gasteiger partial charge in [-0.05, 0) is 32.1 Å². The highest BCUT2D eigenvalue weighted by atomic mass is 32.2. The summed E-state index contributed by atoms with van der Waals surface area (Å²) >= 11 is 3.37. The summed E-state index contributed by atoms with van der Waals surface area (Å²) in [5.74, 6) is 1.94. The van der Waals surface area contributed by atoms with Crippen molar-refractivity contribution >= 4 is 35.3 Å². The van der Waals surface area contributed by atoms with Gasteiger partial charge in [-0.25, -0.2) is 0 Å². The Hall–Kier alpha value is -0.660. The third kappa shape index (κ3) is 6.77. The third-order valence-corrected chi connectivity index (χ3v) is 6.74. The number of aliphatic hydroxyl groups is 1. The highest BCUT2D eigenvalue weighted by Crippen LogP contribution is 2.24. The second-order valence-corrected chi connectivity index (χ2v) is 8.34. The summed E-state index contributed by atoms with van der Waals surface area (Å²) in [6, 6.07) is 0. The number of amides is 2. The molecule has 2 rings (SSSR count). The molecule has 1 aliphatic heterocycles. The van der Waals surface area contributed by atoms with Gasteiger partial charge in [0.1, 0.15) is 0 Å². The van der Waals surface area contributed by atoms with Crippen LogP contribution in [0.3, 0.4) is 0 Å². The zero-order valence-electron chi connectivity index (χ0n) is 13.4. The molecule has 5 nitrogen and oxygen atoms in total. The van der Waals surface area contributed by atoms with Crippen LogP contribution in [0.25, 0.3) is 0 Å². The molecule has 2 aliphatic rings. The summed E-state index contributed by atoms with van der Waals surface area (Å²) in [5, 5.41) is 15.7. The predicted octanol–water partition coefficient (Wildman–Crippen LogP) is 1.32. The van der Waals surface area contributed by atoms with Gasteiger partial charge in [-0.1, -0.05) is 11.6 Å². The topological polar surface area (TPSA) is 78.4 Å². The van der Waals surface area contributed by atoms with E-state index in [-0.39, 0.29) is 6.54 Å². The first-order chi connectivity index (χ1) is 11.1. The molecule has 0 aromatic rings. The van der Waals surface area contributed by atoms with Crippen LogP contribution in [0.5, 0.6) is 0 Å². The maximum absolute atomic E-state index is 11.8. The fourth-order valence-electron chi connectivity index (χ4n) is 2.66. The summed E-state index contributed by atoms with van der Waals surface area (Å²) in [5.41, 5.74) is 0.452. The van der Waals surface area contributed by atoms with E-state index in [1.165, 1.54) is 18.4 Å². The summed E-state index contributed by atoms with van der Waals surface area (Å²) in [4.78, 5) is 23.6. The molecule has 130 valence electrons. The van der Waals surface area contributed by atoms with Gasteiger partial charge < -0.3 is 15.7 Å². The van der Waals surface area contributed by atoms with Crippen molar-refractivity contribution < 1.29 is 14.7 Å². The molecule has 0 unspecified atom stereocenters. The van der Waals surface area contributed by atoms with Crippen molar-refractivity contribution in [3.8, 4) is 0 Å². The van der Waals surface area contributed by atoms with Gasteiger partial charge >= 0.3 is 11.8 Å². The summed E-state index contributed by atoms with van der Waals surface area (Å²) in [6.07, 6.45) is 7.75. The lowest BCUT2D eigenvalue weighted by atomic mass is 9.97. The molecule has 0 aromatic heterocycles. The minimum absolute atomic E-state index is 0.129. The molecule has 0 atom stereocenters. The quantitative estimate of drug-likeness (QED) is 0.510. The van der Waals surface area contributed by atoms with Crippen LogP contribution in [-0.2, 0) is 9.59 Å². The van der Waals surface area contributed by atoms with Crippen LogP contribution in [0, 0.1) is 0 Å². The van der Waals surface area contributed by atoms with Gasteiger partial charge in [0.15, 0.2) is 0 Å². The molecular weight excluding hydrogens is 332 g/mol. The van der Waals surface area contributed by atoms with Gasteiger partial charge in [-0.3, -0.25) is 9.59 Å². The van der Waals surface area contributed by atoms with E-state index in [9.17, 15) is 14.7 Å². The zero-order valence-corrected chi connectivity index (χ0v) is 15.1. The Bertz CT molecular complexity index is 447. The molecule has 0 spiro atoms. The zero-order chi connectivity index (χ0) is 16.5. The fraction of sp³-hybridized carbons (Fsp3) is 0.750. The minimum atomic E-state index is -0.922. The molecule has 3 N–H and O–H groups in total. The van der Waals surface area contributed by atoms with Gasteiger partial charge in [0.25, 0.3) is 0 Å². The average Bonchev–Trinajstić information content (AvgIpc) is 2.78. The lowest BCUT2D eigenvalue weighted by molar-refractivity contribution is -0.139. The van der Waals surface area contributed by atoms with Crippen molar-refractivity contribution in [2.75, 3.05) is 36.1 Å². The van der Waals surface area contributed by atoms with Gasteiger partial charge in [0, 0.05) is 36.1 Å². The number of rotatable bonds is 5. The van der Waals surface area contributed by atoms with Gasteiger partial charge in [-0.2, -0.15) is 23.5 Å². The molecule has 1 aliphatic carbocycles. The largest absolute Gasteiger partial charge is 0.386 e. The number of hydrogen-bond acceptors (Lipinski definition) is 5. The molecule has 23 heavy (non-hydrogen) atoms. The predicted molar refractivity (Wildman–Crippen MR) is 96.8 cm³/mol. The number of carbonyl (C=O) groups excluding carboxylic acids is 2. The van der Waals surface area contributed by atoms with Crippen molar-refractivity contribution in [1.29, 1.82) is 0 Å². The molecule has 1 heterocycles. The SMILES string of the molecule is O=C(NCCC1=CCCCC1)C(=O)NCC1(O)CSCCSC1. The van der Waals surface area contributed by atoms with Crippen LogP contribution in [0.4, 0.5) is 0 Å². The third-order valence-electron chi connectivity index (χ3n) is 4.01. The van der Waals surface area contributed by atoms with E-state index in [4.69, 9.17) is 0 Å². The Kier molecular flexibility index (Phi) is 7.79. The van der Waals surface area contributed by atoms with Gasteiger partial charge in [0.2, 0.25) is 0 Å². The Morgan fingerprint density at radius 1 is 1.13 bits per heavy atom. The Morgan fingerprint density at radius 2 is 1.83 bits per heavy atom. The summed E-state index contributed by atoms with van der Waals surface area (Å²) in [6.45, 7) is 0.623. The van der Waals surface area contributed by atoms with Crippen LogP contribution in [-0.4, -0.2) is 58.6 Å². The van der Waals surface area contributed by atoms with Crippen LogP contribution in [0.1, 0.15) is 32.1 Å². The van der Waals surface area contributed by atoms with E-state index >= 15 is 0 Å². The highest BCUT2D eigenvalue weighted by molar-refractivity contribution is 8.03. The van der Waals surface area contributed by atoms with E-state index in [1.807, 2.05) is 0 Å². The molecule has 0 bridgehead atoms. The van der Waals surface area contributed by atoms with Gasteiger partial charge in [0.05, 0.1) is 5.60 Å². The van der Waals surface area contributed by atoms with Crippen molar-refractivity contribution in [2.45, 2.75) is 37.7 Å². The maximum atomic E-state index is 11.8. The molecule has 0 aromatic carbocycles. The minimum Gasteiger partial charge on any atom is -0.386 e. The summed E-state index contributed by atoms with van der Waals surface area (Å²) < 4.78 is 0. The van der Waals surface area contributed by atoms with E-state index in [0.717, 1.165) is 30.8 Å². The normalized spacial score (nSPS) is 21.0. The number of carbonyl (C=O) groups is 2. The monoisotopic (exact) mass is 358 g/mol. The lowest BCUT2D eigenvalue weighted by Crippen LogP contribution is -2.50. The second kappa shape index (κ2) is 9.59. The highest BCUT2D eigenvalue weighted by Gasteiger charge is 2.30. The number of hydrogen-bond donors (Lipinski definition) is 3. The van der Waals surface area contributed by atoms with E-state index in [0.29, 0.717) is 18.1 Å². The van der Waals surface area contributed by atoms with Crippen molar-refractivity contribution in [2.24, 2.45) is 0 Å². The van der Waals surface area contributed by atoms with Gasteiger partial charge in [-0.15, -0.1) is 0 Å². The molecule has 1 saturated heterocycles. The van der Waals surface area contributed by atoms with Crippen LogP contribution < -0.4 is 10.6 Å². The van der Waals surface area contributed by atoms with Crippen molar-refractivity contribution in [3.63, 3.8) is 0 Å². The standard InChI is InChI=1S/C16H26N2O3S2/c19-14(17-7-6-13-4-2-1-3-5-13)15(20)18-10-16(21)11-22-8-9-23-12-16/h4,21H,1-3,5-12H2,(H,17,19)(H,18,20). The molecule has 2 amide bonds. The lowest BCUT2D eigenvalue weighted by Gasteiger charge is -2.25. The smallest absolute Gasteiger partial charge is 0.309 e.